The molecule has 6 nitrogen and oxygen atoms in total. The zero-order valence-electron chi connectivity index (χ0n) is 12.4. The highest BCUT2D eigenvalue weighted by Gasteiger charge is 2.10. The normalized spacial score (nSPS) is 11.1. The Morgan fingerprint density at radius 1 is 1.24 bits per heavy atom. The first kappa shape index (κ1) is 17.3. The summed E-state index contributed by atoms with van der Waals surface area (Å²) < 4.78 is 0.771. The van der Waals surface area contributed by atoms with Crippen LogP contribution in [0.25, 0.3) is 16.3 Å². The van der Waals surface area contributed by atoms with Gasteiger partial charge in [-0.2, -0.15) is 0 Å². The Labute approximate surface area is 155 Å². The van der Waals surface area contributed by atoms with Gasteiger partial charge in [-0.05, 0) is 35.9 Å². The molecule has 0 aliphatic heterocycles. The van der Waals surface area contributed by atoms with Crippen molar-refractivity contribution in [3.05, 3.63) is 68.2 Å². The van der Waals surface area contributed by atoms with E-state index in [1.807, 2.05) is 0 Å². The number of anilines is 1. The van der Waals surface area contributed by atoms with Gasteiger partial charge in [-0.15, -0.1) is 0 Å². The van der Waals surface area contributed by atoms with Crippen molar-refractivity contribution in [3.8, 4) is 0 Å². The van der Waals surface area contributed by atoms with Gasteiger partial charge in [0.25, 0.3) is 5.69 Å². The molecule has 2 aromatic carbocycles. The second-order valence-corrected chi connectivity index (χ2v) is 6.80. The summed E-state index contributed by atoms with van der Waals surface area (Å²) in [5, 5.41) is 14.6. The largest absolute Gasteiger partial charge is 0.298 e. The highest BCUT2D eigenvalue weighted by atomic mass is 35.5. The third kappa shape index (κ3) is 4.14. The maximum Gasteiger partial charge on any atom is 0.269 e. The lowest BCUT2D eigenvalue weighted by Crippen LogP contribution is -2.07. The van der Waals surface area contributed by atoms with E-state index < -0.39 is 4.92 Å². The number of nitrogens with one attached hydrogen (secondary N) is 1. The predicted octanol–water partition coefficient (Wildman–Crippen LogP) is 5.16. The van der Waals surface area contributed by atoms with E-state index in [0.29, 0.717) is 26.3 Å². The van der Waals surface area contributed by atoms with Gasteiger partial charge in [-0.1, -0.05) is 34.5 Å². The average Bonchev–Trinajstić information content (AvgIpc) is 2.96. The topological polar surface area (TPSA) is 85.1 Å². The molecule has 0 bridgehead atoms. The minimum Gasteiger partial charge on any atom is -0.298 e. The molecule has 0 saturated heterocycles. The Hall–Kier alpha value is -2.48. The summed E-state index contributed by atoms with van der Waals surface area (Å²) >= 11 is 13.3. The molecule has 0 atom stereocenters. The van der Waals surface area contributed by atoms with E-state index in [2.05, 4.69) is 10.3 Å². The number of nitrogens with zero attached hydrogens (tertiary/aromatic N) is 2. The van der Waals surface area contributed by atoms with Gasteiger partial charge < -0.3 is 0 Å². The first-order chi connectivity index (χ1) is 11.9. The van der Waals surface area contributed by atoms with Gasteiger partial charge in [0.15, 0.2) is 5.13 Å². The standard InChI is InChI=1S/C16H9Cl2N3O3S/c17-10-7-12(18)15-13(8-10)25-16(20-15)19-14(22)6-3-9-1-4-11(5-2-9)21(23)24/h1-8H,(H,19,20,22)/b6-3-. The van der Waals surface area contributed by atoms with Crippen molar-refractivity contribution < 1.29 is 9.72 Å². The number of thiazole rings is 1. The van der Waals surface area contributed by atoms with Gasteiger partial charge >= 0.3 is 0 Å². The molecule has 1 heterocycles. The lowest BCUT2D eigenvalue weighted by Gasteiger charge is -1.96. The van der Waals surface area contributed by atoms with Crippen LogP contribution in [0.15, 0.2) is 42.5 Å². The van der Waals surface area contributed by atoms with Gasteiger partial charge in [0, 0.05) is 23.2 Å². The number of rotatable bonds is 4. The summed E-state index contributed by atoms with van der Waals surface area (Å²) in [5.41, 5.74) is 1.23. The van der Waals surface area contributed by atoms with Crippen LogP contribution in [0.2, 0.25) is 10.0 Å². The molecule has 0 radical (unpaired) electrons. The maximum absolute atomic E-state index is 12.0. The van der Waals surface area contributed by atoms with Crippen LogP contribution in [0, 0.1) is 10.1 Å². The number of benzene rings is 2. The van der Waals surface area contributed by atoms with E-state index in [1.165, 1.54) is 29.5 Å². The van der Waals surface area contributed by atoms with Crippen LogP contribution in [-0.2, 0) is 4.79 Å². The number of aromatic nitrogens is 1. The zero-order valence-corrected chi connectivity index (χ0v) is 14.7. The van der Waals surface area contributed by atoms with Gasteiger partial charge in [-0.25, -0.2) is 4.98 Å². The lowest BCUT2D eigenvalue weighted by molar-refractivity contribution is -0.384. The van der Waals surface area contributed by atoms with E-state index in [-0.39, 0.29) is 11.6 Å². The molecule has 9 heteroatoms. The van der Waals surface area contributed by atoms with Crippen molar-refractivity contribution in [3.63, 3.8) is 0 Å². The molecule has 0 unspecified atom stereocenters. The first-order valence-corrected chi connectivity index (χ1v) is 8.49. The number of hydrogen-bond donors (Lipinski definition) is 1. The number of nitro groups is 1. The number of hydrogen-bond acceptors (Lipinski definition) is 5. The SMILES string of the molecule is O=C(/C=C\c1ccc([N+](=O)[O-])cc1)Nc1nc2c(Cl)cc(Cl)cc2s1. The molecular weight excluding hydrogens is 385 g/mol. The number of nitro benzene ring substituents is 1. The Kier molecular flexibility index (Phi) is 4.98. The molecular formula is C16H9Cl2N3O3S. The van der Waals surface area contributed by atoms with Crippen LogP contribution >= 0.6 is 34.5 Å². The zero-order chi connectivity index (χ0) is 18.0. The predicted molar refractivity (Wildman–Crippen MR) is 100 cm³/mol. The van der Waals surface area contributed by atoms with Gasteiger partial charge in [0.2, 0.25) is 5.91 Å². The molecule has 1 amide bonds. The Morgan fingerprint density at radius 2 is 1.96 bits per heavy atom. The van der Waals surface area contributed by atoms with Crippen molar-refractivity contribution in [2.24, 2.45) is 0 Å². The summed E-state index contributed by atoms with van der Waals surface area (Å²) in [6.07, 6.45) is 2.87. The highest BCUT2D eigenvalue weighted by Crippen LogP contribution is 2.33. The van der Waals surface area contributed by atoms with Gasteiger partial charge in [0.05, 0.1) is 14.6 Å². The molecule has 3 rings (SSSR count). The smallest absolute Gasteiger partial charge is 0.269 e. The second-order valence-electron chi connectivity index (χ2n) is 4.92. The number of carbonyl (C=O) groups excluding carboxylic acids is 1. The number of fused-ring (bicyclic) bond motifs is 1. The molecule has 0 saturated carbocycles. The Bertz CT molecular complexity index is 1000. The number of non-ortho nitro benzene ring substituents is 1. The number of carbonyl (C=O) groups is 1. The molecule has 0 fully saturated rings. The monoisotopic (exact) mass is 393 g/mol. The third-order valence-electron chi connectivity index (χ3n) is 3.17. The molecule has 1 aromatic heterocycles. The molecule has 0 spiro atoms. The molecule has 0 aliphatic carbocycles. The summed E-state index contributed by atoms with van der Waals surface area (Å²) in [4.78, 5) is 26.4. The van der Waals surface area contributed by atoms with E-state index in [4.69, 9.17) is 23.2 Å². The lowest BCUT2D eigenvalue weighted by atomic mass is 10.2. The fourth-order valence-electron chi connectivity index (χ4n) is 2.04. The summed E-state index contributed by atoms with van der Waals surface area (Å²) in [5.74, 6) is -0.375. The van der Waals surface area contributed by atoms with Crippen LogP contribution in [0.5, 0.6) is 0 Å². The minimum atomic E-state index is -0.481. The summed E-state index contributed by atoms with van der Waals surface area (Å²) in [7, 11) is 0. The minimum absolute atomic E-state index is 0.00776. The van der Waals surface area contributed by atoms with Crippen molar-refractivity contribution in [1.82, 2.24) is 4.98 Å². The third-order valence-corrected chi connectivity index (χ3v) is 4.60. The summed E-state index contributed by atoms with van der Waals surface area (Å²) in [6, 6.07) is 9.17. The van der Waals surface area contributed by atoms with Crippen molar-refractivity contribution in [2.45, 2.75) is 0 Å². The van der Waals surface area contributed by atoms with Crippen molar-refractivity contribution in [2.75, 3.05) is 5.32 Å². The number of halogens is 2. The van der Waals surface area contributed by atoms with E-state index in [0.717, 1.165) is 4.70 Å². The molecule has 1 N–H and O–H groups in total. The van der Waals surface area contributed by atoms with E-state index in [1.54, 1.807) is 30.3 Å². The van der Waals surface area contributed by atoms with Crippen molar-refractivity contribution in [1.29, 1.82) is 0 Å². The van der Waals surface area contributed by atoms with Crippen LogP contribution in [0.4, 0.5) is 10.8 Å². The fourth-order valence-corrected chi connectivity index (χ4v) is 3.63. The van der Waals surface area contributed by atoms with Gasteiger partial charge in [0.1, 0.15) is 5.52 Å². The molecule has 126 valence electrons. The first-order valence-electron chi connectivity index (χ1n) is 6.91. The van der Waals surface area contributed by atoms with Gasteiger partial charge in [-0.3, -0.25) is 20.2 Å². The molecule has 25 heavy (non-hydrogen) atoms. The maximum atomic E-state index is 12.0. The van der Waals surface area contributed by atoms with Crippen molar-refractivity contribution >= 4 is 67.6 Å². The highest BCUT2D eigenvalue weighted by molar-refractivity contribution is 7.22. The number of amides is 1. The summed E-state index contributed by atoms with van der Waals surface area (Å²) in [6.45, 7) is 0. The van der Waals surface area contributed by atoms with E-state index in [9.17, 15) is 14.9 Å². The van der Waals surface area contributed by atoms with Crippen LogP contribution < -0.4 is 5.32 Å². The second kappa shape index (κ2) is 7.18. The molecule has 0 aliphatic rings. The van der Waals surface area contributed by atoms with Crippen LogP contribution in [0.1, 0.15) is 5.56 Å². The quantitative estimate of drug-likeness (QED) is 0.376. The Balaban J connectivity index is 1.71. The van der Waals surface area contributed by atoms with Crippen LogP contribution in [-0.4, -0.2) is 15.8 Å². The average molecular weight is 394 g/mol. The van der Waals surface area contributed by atoms with Crippen LogP contribution in [0.3, 0.4) is 0 Å². The Morgan fingerprint density at radius 3 is 2.64 bits per heavy atom. The molecule has 3 aromatic rings. The van der Waals surface area contributed by atoms with E-state index >= 15 is 0 Å². The fraction of sp³-hybridized carbons (Fsp3) is 0.